The number of hydrogen-bond acceptors (Lipinski definition) is 2. The average Bonchev–Trinajstić information content (AvgIpc) is 3.58. The second kappa shape index (κ2) is 9.87. The van der Waals surface area contributed by atoms with Crippen molar-refractivity contribution in [3.8, 4) is 39.3 Å². The molecule has 0 bridgehead atoms. The molecule has 0 aliphatic rings. The van der Waals surface area contributed by atoms with Crippen LogP contribution < -0.4 is 0 Å². The molecule has 7 aromatic rings. The summed E-state index contributed by atoms with van der Waals surface area (Å²) in [5.74, 6) is 0.971. The number of aryl methyl sites for hydroxylation is 1. The molecule has 0 aliphatic heterocycles. The highest BCUT2D eigenvalue weighted by molar-refractivity contribution is 7.17. The SMILES string of the molecule is Cc1cc(-c2ccccc2)c(-n2c(-c3csc4cc(C(C)(C)C)ccc34)nc3ccccc32)c(-c2ccccc2)c1. The lowest BCUT2D eigenvalue weighted by atomic mass is 9.87. The molecule has 0 spiro atoms. The van der Waals surface area contributed by atoms with Crippen LogP contribution in [0.3, 0.4) is 0 Å². The first-order valence-corrected chi connectivity index (χ1v) is 15.0. The van der Waals surface area contributed by atoms with Gasteiger partial charge in [0.2, 0.25) is 0 Å². The quantitative estimate of drug-likeness (QED) is 0.214. The van der Waals surface area contributed by atoms with Crippen molar-refractivity contribution < 1.29 is 0 Å². The monoisotopic (exact) mass is 548 g/mol. The van der Waals surface area contributed by atoms with Crippen molar-refractivity contribution >= 4 is 32.5 Å². The van der Waals surface area contributed by atoms with Gasteiger partial charge < -0.3 is 0 Å². The number of hydrogen-bond donors (Lipinski definition) is 0. The van der Waals surface area contributed by atoms with Gasteiger partial charge in [-0.1, -0.05) is 106 Å². The molecule has 0 unspecified atom stereocenters. The van der Waals surface area contributed by atoms with Gasteiger partial charge in [-0.25, -0.2) is 4.98 Å². The topological polar surface area (TPSA) is 17.8 Å². The van der Waals surface area contributed by atoms with Crippen LogP contribution in [0.4, 0.5) is 0 Å². The molecular weight excluding hydrogens is 516 g/mol. The van der Waals surface area contributed by atoms with Crippen LogP contribution in [0.15, 0.2) is 121 Å². The van der Waals surface area contributed by atoms with E-state index >= 15 is 0 Å². The molecule has 2 nitrogen and oxygen atoms in total. The van der Waals surface area contributed by atoms with E-state index < -0.39 is 0 Å². The third-order valence-electron chi connectivity index (χ3n) is 7.89. The molecular formula is C38H32N2S. The minimum atomic E-state index is 0.0998. The van der Waals surface area contributed by atoms with E-state index in [-0.39, 0.29) is 5.41 Å². The Morgan fingerprint density at radius 3 is 1.90 bits per heavy atom. The molecule has 5 aromatic carbocycles. The zero-order valence-corrected chi connectivity index (χ0v) is 24.7. The van der Waals surface area contributed by atoms with E-state index in [9.17, 15) is 0 Å². The Hall–Kier alpha value is -4.47. The number of fused-ring (bicyclic) bond motifs is 2. The molecule has 0 saturated heterocycles. The van der Waals surface area contributed by atoms with Gasteiger partial charge in [0.05, 0.1) is 16.7 Å². The summed E-state index contributed by atoms with van der Waals surface area (Å²) < 4.78 is 3.69. The Bertz CT molecular complexity index is 1960. The summed E-state index contributed by atoms with van der Waals surface area (Å²) >= 11 is 1.80. The zero-order chi connectivity index (χ0) is 28.1. The Morgan fingerprint density at radius 1 is 0.659 bits per heavy atom. The van der Waals surface area contributed by atoms with Gasteiger partial charge in [-0.05, 0) is 64.9 Å². The molecule has 0 atom stereocenters. The number of thiophene rings is 1. The number of rotatable bonds is 4. The van der Waals surface area contributed by atoms with Crippen molar-refractivity contribution in [2.24, 2.45) is 0 Å². The van der Waals surface area contributed by atoms with Gasteiger partial charge in [0.25, 0.3) is 0 Å². The van der Waals surface area contributed by atoms with Crippen LogP contribution in [0.2, 0.25) is 0 Å². The van der Waals surface area contributed by atoms with E-state index in [0.717, 1.165) is 22.5 Å². The maximum atomic E-state index is 5.31. The lowest BCUT2D eigenvalue weighted by Crippen LogP contribution is -2.10. The summed E-state index contributed by atoms with van der Waals surface area (Å²) in [4.78, 5) is 5.31. The smallest absolute Gasteiger partial charge is 0.147 e. The fraction of sp³-hybridized carbons (Fsp3) is 0.132. The third kappa shape index (κ3) is 4.47. The predicted octanol–water partition coefficient (Wildman–Crippen LogP) is 10.8. The molecule has 200 valence electrons. The van der Waals surface area contributed by atoms with Gasteiger partial charge in [-0.3, -0.25) is 4.57 Å². The second-order valence-corrected chi connectivity index (χ2v) is 12.7. The van der Waals surface area contributed by atoms with Gasteiger partial charge in [-0.2, -0.15) is 0 Å². The van der Waals surface area contributed by atoms with E-state index in [2.05, 4.69) is 153 Å². The number of benzene rings is 5. The Morgan fingerprint density at radius 2 is 1.27 bits per heavy atom. The van der Waals surface area contributed by atoms with Crippen molar-refractivity contribution in [1.29, 1.82) is 0 Å². The number of para-hydroxylation sites is 2. The first-order chi connectivity index (χ1) is 19.9. The molecule has 2 aromatic heterocycles. The van der Waals surface area contributed by atoms with E-state index in [1.54, 1.807) is 11.3 Å². The van der Waals surface area contributed by atoms with Gasteiger partial charge in [0.1, 0.15) is 5.82 Å². The number of imidazole rings is 1. The minimum Gasteiger partial charge on any atom is -0.291 e. The molecule has 0 aliphatic carbocycles. The molecule has 0 N–H and O–H groups in total. The largest absolute Gasteiger partial charge is 0.291 e. The van der Waals surface area contributed by atoms with Crippen LogP contribution in [0.5, 0.6) is 0 Å². The highest BCUT2D eigenvalue weighted by Gasteiger charge is 2.24. The Labute approximate surface area is 245 Å². The van der Waals surface area contributed by atoms with E-state index in [1.165, 1.54) is 49.0 Å². The predicted molar refractivity (Wildman–Crippen MR) is 176 cm³/mol. The van der Waals surface area contributed by atoms with Crippen LogP contribution >= 0.6 is 11.3 Å². The molecule has 7 rings (SSSR count). The second-order valence-electron chi connectivity index (χ2n) is 11.8. The van der Waals surface area contributed by atoms with Crippen molar-refractivity contribution in [3.05, 3.63) is 132 Å². The Kier molecular flexibility index (Phi) is 6.13. The maximum Gasteiger partial charge on any atom is 0.147 e. The van der Waals surface area contributed by atoms with Crippen LogP contribution in [0, 0.1) is 6.92 Å². The van der Waals surface area contributed by atoms with Crippen molar-refractivity contribution in [3.63, 3.8) is 0 Å². The summed E-state index contributed by atoms with van der Waals surface area (Å²) in [7, 11) is 0. The van der Waals surface area contributed by atoms with Crippen LogP contribution in [0.25, 0.3) is 60.4 Å². The fourth-order valence-electron chi connectivity index (χ4n) is 5.80. The first kappa shape index (κ1) is 25.5. The van der Waals surface area contributed by atoms with Crippen molar-refractivity contribution in [1.82, 2.24) is 9.55 Å². The average molecular weight is 549 g/mol. The van der Waals surface area contributed by atoms with Crippen LogP contribution in [-0.4, -0.2) is 9.55 Å². The van der Waals surface area contributed by atoms with Crippen molar-refractivity contribution in [2.75, 3.05) is 0 Å². The lowest BCUT2D eigenvalue weighted by molar-refractivity contribution is 0.591. The van der Waals surface area contributed by atoms with Crippen LogP contribution in [0.1, 0.15) is 31.9 Å². The standard InChI is InChI=1S/C38H32N2S/c1-25-21-30(26-13-7-5-8-14-26)36(31(22-25)27-15-9-6-10-16-27)40-34-18-12-11-17-33(34)39-37(40)32-24-41-35-23-28(38(2,3)4)19-20-29(32)35/h5-24H,1-4H3. The molecule has 41 heavy (non-hydrogen) atoms. The molecule has 2 heterocycles. The highest BCUT2D eigenvalue weighted by atomic mass is 32.1. The highest BCUT2D eigenvalue weighted by Crippen LogP contribution is 2.43. The lowest BCUT2D eigenvalue weighted by Gasteiger charge is -2.21. The molecule has 0 fully saturated rings. The molecule has 0 saturated carbocycles. The molecule has 0 amide bonds. The normalized spacial score (nSPS) is 11.9. The van der Waals surface area contributed by atoms with Crippen molar-refractivity contribution in [2.45, 2.75) is 33.1 Å². The minimum absolute atomic E-state index is 0.0998. The molecule has 0 radical (unpaired) electrons. The number of aromatic nitrogens is 2. The van der Waals surface area contributed by atoms with E-state index in [0.29, 0.717) is 0 Å². The van der Waals surface area contributed by atoms with Crippen LogP contribution in [-0.2, 0) is 5.41 Å². The summed E-state index contributed by atoms with van der Waals surface area (Å²) in [6, 6.07) is 41.6. The molecule has 3 heteroatoms. The summed E-state index contributed by atoms with van der Waals surface area (Å²) in [6.07, 6.45) is 0. The Balaban J connectivity index is 1.59. The first-order valence-electron chi connectivity index (χ1n) is 14.1. The van der Waals surface area contributed by atoms with Gasteiger partial charge >= 0.3 is 0 Å². The van der Waals surface area contributed by atoms with E-state index in [4.69, 9.17) is 4.98 Å². The van der Waals surface area contributed by atoms with Gasteiger partial charge in [0, 0.05) is 32.2 Å². The zero-order valence-electron chi connectivity index (χ0n) is 23.8. The van der Waals surface area contributed by atoms with Gasteiger partial charge in [-0.15, -0.1) is 11.3 Å². The van der Waals surface area contributed by atoms with E-state index in [1.807, 2.05) is 0 Å². The maximum absolute atomic E-state index is 5.31. The fourth-order valence-corrected chi connectivity index (χ4v) is 6.77. The number of nitrogens with zero attached hydrogens (tertiary/aromatic N) is 2. The summed E-state index contributed by atoms with van der Waals surface area (Å²) in [6.45, 7) is 9.01. The summed E-state index contributed by atoms with van der Waals surface area (Å²) in [5.41, 5.74) is 11.9. The third-order valence-corrected chi connectivity index (χ3v) is 8.84. The summed E-state index contributed by atoms with van der Waals surface area (Å²) in [5, 5.41) is 3.53. The van der Waals surface area contributed by atoms with Gasteiger partial charge in [0.15, 0.2) is 0 Å².